The lowest BCUT2D eigenvalue weighted by Gasteiger charge is -2.40. The van der Waals surface area contributed by atoms with Crippen LogP contribution in [-0.2, 0) is 33.4 Å². The largest absolute Gasteiger partial charge is 0.455 e. The molecule has 2 saturated heterocycles. The first-order chi connectivity index (χ1) is 22.7. The second kappa shape index (κ2) is 15.1. The van der Waals surface area contributed by atoms with E-state index in [1.807, 2.05) is 63.3 Å². The normalized spacial score (nSPS) is 33.0. The number of unbranched alkanes of at least 4 members (excludes halogenated alkanes) is 1. The quantitative estimate of drug-likeness (QED) is 0.292. The van der Waals surface area contributed by atoms with Crippen LogP contribution in [0.2, 0.25) is 0 Å². The zero-order valence-corrected chi connectivity index (χ0v) is 27.9. The van der Waals surface area contributed by atoms with Gasteiger partial charge in [0.2, 0.25) is 17.7 Å². The van der Waals surface area contributed by atoms with Gasteiger partial charge in [0.25, 0.3) is 0 Å². The van der Waals surface area contributed by atoms with Gasteiger partial charge in [-0.2, -0.15) is 0 Å². The number of nitrogens with one attached hydrogen (secondary N) is 1. The van der Waals surface area contributed by atoms with Crippen molar-refractivity contribution in [1.29, 1.82) is 0 Å². The number of fused-ring (bicyclic) bond motifs is 2. The Morgan fingerprint density at radius 1 is 1.11 bits per heavy atom. The predicted octanol–water partition coefficient (Wildman–Crippen LogP) is 2.94. The van der Waals surface area contributed by atoms with Gasteiger partial charge in [-0.15, -0.1) is 0 Å². The van der Waals surface area contributed by atoms with Crippen molar-refractivity contribution in [2.45, 2.75) is 88.8 Å². The Morgan fingerprint density at radius 2 is 1.87 bits per heavy atom. The highest BCUT2D eigenvalue weighted by molar-refractivity contribution is 5.99. The maximum atomic E-state index is 14.7. The van der Waals surface area contributed by atoms with Crippen LogP contribution in [-0.4, -0.2) is 102 Å². The number of rotatable bonds is 10. The molecule has 0 unspecified atom stereocenters. The number of carbonyl (C=O) groups is 4. The first-order valence-corrected chi connectivity index (χ1v) is 17.0. The van der Waals surface area contributed by atoms with Gasteiger partial charge in [0.1, 0.15) is 23.7 Å². The predicted molar refractivity (Wildman–Crippen MR) is 174 cm³/mol. The maximum absolute atomic E-state index is 14.7. The van der Waals surface area contributed by atoms with Crippen LogP contribution < -0.4 is 5.32 Å². The van der Waals surface area contributed by atoms with Crippen molar-refractivity contribution in [3.05, 3.63) is 60.2 Å². The number of ether oxygens (including phenoxy) is 3. The van der Waals surface area contributed by atoms with Crippen LogP contribution in [0.3, 0.4) is 0 Å². The topological polar surface area (TPSA) is 135 Å². The number of amides is 3. The summed E-state index contributed by atoms with van der Waals surface area (Å²) in [6.45, 7) is 6.47. The van der Waals surface area contributed by atoms with Gasteiger partial charge in [-0.1, -0.05) is 88.2 Å². The van der Waals surface area contributed by atoms with Crippen LogP contribution in [0.15, 0.2) is 54.6 Å². The van der Waals surface area contributed by atoms with Crippen molar-refractivity contribution in [2.24, 2.45) is 17.8 Å². The number of nitrogens with zero attached hydrogens (tertiary/aromatic N) is 2. The van der Waals surface area contributed by atoms with Crippen LogP contribution in [0.5, 0.6) is 0 Å². The lowest BCUT2D eigenvalue weighted by molar-refractivity contribution is -0.163. The zero-order valence-electron chi connectivity index (χ0n) is 27.9. The van der Waals surface area contributed by atoms with Crippen molar-refractivity contribution in [3.63, 3.8) is 0 Å². The molecule has 5 bridgehead atoms. The number of hydrogen-bond acceptors (Lipinski definition) is 8. The van der Waals surface area contributed by atoms with E-state index in [0.29, 0.717) is 24.9 Å². The third-order valence-corrected chi connectivity index (χ3v) is 10.2. The number of hydrogen-bond donors (Lipinski definition) is 2. The fourth-order valence-electron chi connectivity index (χ4n) is 7.57. The molecular formula is C36H49N3O8. The summed E-state index contributed by atoms with van der Waals surface area (Å²) in [6, 6.07) is 6.70. The van der Waals surface area contributed by atoms with E-state index in [1.165, 1.54) is 12.0 Å². The van der Waals surface area contributed by atoms with E-state index < -0.39 is 59.6 Å². The molecule has 1 aromatic rings. The lowest BCUT2D eigenvalue weighted by Crippen LogP contribution is -2.59. The average Bonchev–Trinajstić information content (AvgIpc) is 3.72. The molecule has 2 N–H and O–H groups in total. The fourth-order valence-corrected chi connectivity index (χ4v) is 7.57. The second-order valence-electron chi connectivity index (χ2n) is 13.1. The average molecular weight is 652 g/mol. The number of cyclic esters (lactones) is 1. The van der Waals surface area contributed by atoms with Crippen LogP contribution in [0, 0.1) is 17.8 Å². The highest BCUT2D eigenvalue weighted by Gasteiger charge is 2.74. The molecule has 11 heteroatoms. The number of esters is 1. The zero-order chi connectivity index (χ0) is 33.7. The van der Waals surface area contributed by atoms with Crippen LogP contribution in [0.4, 0.5) is 0 Å². The Hall–Kier alpha value is -3.54. The third-order valence-electron chi connectivity index (χ3n) is 10.2. The first kappa shape index (κ1) is 34.8. The number of likely N-dealkylation sites (tertiary alicyclic amines) is 1. The van der Waals surface area contributed by atoms with Crippen LogP contribution in [0.25, 0.3) is 0 Å². The number of carbonyl (C=O) groups excluding carboxylic acids is 4. The van der Waals surface area contributed by atoms with Crippen molar-refractivity contribution in [3.8, 4) is 0 Å². The minimum Gasteiger partial charge on any atom is -0.455 e. The van der Waals surface area contributed by atoms with E-state index in [4.69, 9.17) is 14.2 Å². The summed E-state index contributed by atoms with van der Waals surface area (Å²) < 4.78 is 18.3. The van der Waals surface area contributed by atoms with Crippen molar-refractivity contribution < 1.29 is 38.5 Å². The number of benzene rings is 1. The first-order valence-electron chi connectivity index (χ1n) is 17.0. The molecule has 11 nitrogen and oxygen atoms in total. The smallest absolute Gasteiger partial charge is 0.313 e. The molecule has 2 fully saturated rings. The summed E-state index contributed by atoms with van der Waals surface area (Å²) in [5, 5.41) is 13.7. The summed E-state index contributed by atoms with van der Waals surface area (Å²) >= 11 is 0. The van der Waals surface area contributed by atoms with Crippen molar-refractivity contribution >= 4 is 23.7 Å². The Labute approximate surface area is 277 Å². The van der Waals surface area contributed by atoms with Gasteiger partial charge >= 0.3 is 5.97 Å². The van der Waals surface area contributed by atoms with E-state index in [-0.39, 0.29) is 43.9 Å². The monoisotopic (exact) mass is 651 g/mol. The van der Waals surface area contributed by atoms with Gasteiger partial charge < -0.3 is 34.4 Å². The molecule has 0 aliphatic carbocycles. The van der Waals surface area contributed by atoms with Crippen molar-refractivity contribution in [1.82, 2.24) is 15.1 Å². The van der Waals surface area contributed by atoms with Crippen LogP contribution >= 0.6 is 0 Å². The van der Waals surface area contributed by atoms with Crippen molar-refractivity contribution in [2.75, 3.05) is 33.4 Å². The number of allylic oxidation sites excluding steroid dienone is 1. The maximum Gasteiger partial charge on any atom is 0.313 e. The molecule has 47 heavy (non-hydrogen) atoms. The summed E-state index contributed by atoms with van der Waals surface area (Å²) in [4.78, 5) is 60.1. The third kappa shape index (κ3) is 6.62. The molecule has 0 saturated carbocycles. The molecule has 9 atom stereocenters. The molecule has 3 amide bonds. The van der Waals surface area contributed by atoms with Gasteiger partial charge in [-0.25, -0.2) is 0 Å². The SMILES string of the molecule is CCCCN1C/C=C\CCC(=O)N[C@H](COC)[C@@H](c2ccccc2)OC(=O)[C@@H]2[C@@H]3C=C[C@]4(O3)[C@H](C1=O)N([C@@H](CO)[C@@H](C)CC)C(=O)[C@@H]24. The van der Waals surface area contributed by atoms with E-state index in [1.54, 1.807) is 17.1 Å². The second-order valence-corrected chi connectivity index (χ2v) is 13.1. The standard InChI is InChI=1S/C36H49N3O8/c1-5-7-19-38-20-13-9-12-16-28(41)37-25(22-45-4)31(24-14-10-8-11-15-24)46-35(44)29-27-17-18-36(47-27)30(29)33(42)39(32(36)34(38)43)26(21-40)23(3)6-2/h8-11,13-15,17-18,23,25-27,29-32,40H,5-7,12,16,19-22H2,1-4H3,(H,37,41)/b13-9-/t23-,25+,26-,27-,29+,30+,31+,32-,36+/m0/s1. The molecule has 0 aromatic heterocycles. The molecule has 256 valence electrons. The number of aliphatic hydroxyl groups excluding tert-OH is 1. The Bertz CT molecular complexity index is 1350. The van der Waals surface area contributed by atoms with Gasteiger partial charge in [-0.05, 0) is 24.3 Å². The Kier molecular flexibility index (Phi) is 11.2. The van der Waals surface area contributed by atoms with Gasteiger partial charge in [-0.3, -0.25) is 19.2 Å². The Morgan fingerprint density at radius 3 is 2.55 bits per heavy atom. The van der Waals surface area contributed by atoms with Crippen LogP contribution in [0.1, 0.15) is 64.5 Å². The number of aliphatic hydroxyl groups is 1. The molecule has 0 radical (unpaired) electrons. The lowest BCUT2D eigenvalue weighted by atomic mass is 9.74. The molecule has 1 aromatic carbocycles. The molecule has 1 spiro atoms. The minimum atomic E-state index is -1.39. The highest BCUT2D eigenvalue weighted by atomic mass is 16.6. The fraction of sp³-hybridized carbons (Fsp3) is 0.611. The number of methoxy groups -OCH3 is 1. The van der Waals surface area contributed by atoms with E-state index >= 15 is 0 Å². The summed E-state index contributed by atoms with van der Waals surface area (Å²) in [6.07, 6.45) is 8.52. The molecule has 4 aliphatic rings. The molecular weight excluding hydrogens is 602 g/mol. The molecule has 4 heterocycles. The van der Waals surface area contributed by atoms with Gasteiger partial charge in [0.15, 0.2) is 0 Å². The summed E-state index contributed by atoms with van der Waals surface area (Å²) in [5.41, 5.74) is -0.736. The molecule has 5 rings (SSSR count). The summed E-state index contributed by atoms with van der Waals surface area (Å²) in [7, 11) is 1.52. The van der Waals surface area contributed by atoms with E-state index in [2.05, 4.69) is 5.32 Å². The van der Waals surface area contributed by atoms with E-state index in [9.17, 15) is 24.3 Å². The summed E-state index contributed by atoms with van der Waals surface area (Å²) in [5.74, 6) is -3.76. The van der Waals surface area contributed by atoms with Gasteiger partial charge in [0.05, 0.1) is 37.3 Å². The molecule has 4 aliphatic heterocycles. The highest BCUT2D eigenvalue weighted by Crippen LogP contribution is 2.56. The Balaban J connectivity index is 1.62. The van der Waals surface area contributed by atoms with E-state index in [0.717, 1.165) is 12.8 Å². The minimum absolute atomic E-state index is 0.0784. The van der Waals surface area contributed by atoms with Gasteiger partial charge in [0, 0.05) is 26.6 Å².